The molecule has 0 aromatic carbocycles. The lowest BCUT2D eigenvalue weighted by Gasteiger charge is -2.19. The van der Waals surface area contributed by atoms with Gasteiger partial charge in [-0.25, -0.2) is 0 Å². The number of aromatic nitrogens is 2. The highest BCUT2D eigenvalue weighted by Crippen LogP contribution is 2.12. The average Bonchev–Trinajstić information content (AvgIpc) is 2.65. The fraction of sp³-hybridized carbons (Fsp3) is 0.818. The van der Waals surface area contributed by atoms with Crippen molar-refractivity contribution in [2.45, 2.75) is 46.7 Å². The molecule has 92 valence electrons. The van der Waals surface area contributed by atoms with Crippen molar-refractivity contribution in [2.75, 3.05) is 18.0 Å². The van der Waals surface area contributed by atoms with E-state index in [4.69, 9.17) is 4.42 Å². The standard InChI is InChI=1S/C11H22N4O/c1-6-15(7-2)10-14-13-9(16-10)8-12-11(3,4)5/h12H,6-8H2,1-5H3. The molecule has 0 aliphatic carbocycles. The fourth-order valence-corrected chi connectivity index (χ4v) is 1.28. The van der Waals surface area contributed by atoms with Crippen LogP contribution < -0.4 is 10.2 Å². The van der Waals surface area contributed by atoms with E-state index in [0.29, 0.717) is 18.5 Å². The first-order valence-corrected chi connectivity index (χ1v) is 5.78. The van der Waals surface area contributed by atoms with Crippen molar-refractivity contribution in [3.63, 3.8) is 0 Å². The Labute approximate surface area is 97.2 Å². The van der Waals surface area contributed by atoms with E-state index in [1.165, 1.54) is 0 Å². The smallest absolute Gasteiger partial charge is 0.318 e. The van der Waals surface area contributed by atoms with E-state index in [1.807, 2.05) is 4.90 Å². The third-order valence-electron chi connectivity index (χ3n) is 2.26. The van der Waals surface area contributed by atoms with Crippen molar-refractivity contribution in [1.82, 2.24) is 15.5 Å². The summed E-state index contributed by atoms with van der Waals surface area (Å²) in [6.07, 6.45) is 0. The molecule has 1 aromatic rings. The lowest BCUT2D eigenvalue weighted by molar-refractivity contribution is 0.381. The predicted molar refractivity (Wildman–Crippen MR) is 64.5 cm³/mol. The van der Waals surface area contributed by atoms with Crippen LogP contribution in [0.2, 0.25) is 0 Å². The molecular weight excluding hydrogens is 204 g/mol. The monoisotopic (exact) mass is 226 g/mol. The van der Waals surface area contributed by atoms with Gasteiger partial charge in [-0.3, -0.25) is 0 Å². The molecule has 1 aromatic heterocycles. The van der Waals surface area contributed by atoms with E-state index < -0.39 is 0 Å². The molecule has 0 radical (unpaired) electrons. The van der Waals surface area contributed by atoms with Crippen LogP contribution in [0.25, 0.3) is 0 Å². The molecule has 0 amide bonds. The lowest BCUT2D eigenvalue weighted by Crippen LogP contribution is -2.35. The van der Waals surface area contributed by atoms with Crippen LogP contribution in [0.1, 0.15) is 40.5 Å². The Hall–Kier alpha value is -1.10. The van der Waals surface area contributed by atoms with Gasteiger partial charge in [-0.1, -0.05) is 5.10 Å². The first kappa shape index (κ1) is 13.0. The highest BCUT2D eigenvalue weighted by atomic mass is 16.4. The molecule has 5 heteroatoms. The van der Waals surface area contributed by atoms with E-state index in [0.717, 1.165) is 13.1 Å². The van der Waals surface area contributed by atoms with Crippen molar-refractivity contribution in [1.29, 1.82) is 0 Å². The van der Waals surface area contributed by atoms with Crippen LogP contribution in [0, 0.1) is 0 Å². The third-order valence-corrected chi connectivity index (χ3v) is 2.26. The normalized spacial score (nSPS) is 11.8. The topological polar surface area (TPSA) is 54.2 Å². The van der Waals surface area contributed by atoms with Gasteiger partial charge in [-0.2, -0.15) is 0 Å². The number of hydrogen-bond donors (Lipinski definition) is 1. The van der Waals surface area contributed by atoms with Crippen LogP contribution >= 0.6 is 0 Å². The summed E-state index contributed by atoms with van der Waals surface area (Å²) < 4.78 is 5.56. The lowest BCUT2D eigenvalue weighted by atomic mass is 10.1. The predicted octanol–water partition coefficient (Wildman–Crippen LogP) is 1.80. The van der Waals surface area contributed by atoms with Gasteiger partial charge < -0.3 is 14.6 Å². The van der Waals surface area contributed by atoms with Gasteiger partial charge >= 0.3 is 6.01 Å². The molecular formula is C11H22N4O. The number of rotatable bonds is 5. The van der Waals surface area contributed by atoms with Gasteiger partial charge in [0, 0.05) is 18.6 Å². The molecule has 0 saturated carbocycles. The van der Waals surface area contributed by atoms with Crippen LogP contribution in [-0.4, -0.2) is 28.8 Å². The van der Waals surface area contributed by atoms with Crippen molar-refractivity contribution in [2.24, 2.45) is 0 Å². The number of hydrogen-bond acceptors (Lipinski definition) is 5. The molecule has 1 N–H and O–H groups in total. The summed E-state index contributed by atoms with van der Waals surface area (Å²) in [7, 11) is 0. The summed E-state index contributed by atoms with van der Waals surface area (Å²) in [4.78, 5) is 2.04. The summed E-state index contributed by atoms with van der Waals surface area (Å²) in [6, 6.07) is 0.607. The summed E-state index contributed by atoms with van der Waals surface area (Å²) in [6.45, 7) is 12.8. The second kappa shape index (κ2) is 5.30. The summed E-state index contributed by atoms with van der Waals surface area (Å²) in [5, 5.41) is 11.4. The largest absolute Gasteiger partial charge is 0.407 e. The molecule has 5 nitrogen and oxygen atoms in total. The molecule has 0 aliphatic rings. The van der Waals surface area contributed by atoms with E-state index in [-0.39, 0.29) is 5.54 Å². The number of anilines is 1. The quantitative estimate of drug-likeness (QED) is 0.829. The third kappa shape index (κ3) is 3.81. The van der Waals surface area contributed by atoms with Crippen molar-refractivity contribution in [3.05, 3.63) is 5.89 Å². The molecule has 0 aliphatic heterocycles. The summed E-state index contributed by atoms with van der Waals surface area (Å²) in [5.41, 5.74) is 0.0594. The van der Waals surface area contributed by atoms with Crippen molar-refractivity contribution < 1.29 is 4.42 Å². The minimum absolute atomic E-state index is 0.0594. The first-order chi connectivity index (χ1) is 7.46. The van der Waals surface area contributed by atoms with Gasteiger partial charge in [0.1, 0.15) is 0 Å². The van der Waals surface area contributed by atoms with Crippen LogP contribution in [-0.2, 0) is 6.54 Å². The summed E-state index contributed by atoms with van der Waals surface area (Å²) in [5.74, 6) is 0.636. The highest BCUT2D eigenvalue weighted by Gasteiger charge is 2.14. The molecule has 0 atom stereocenters. The van der Waals surface area contributed by atoms with Crippen LogP contribution in [0.4, 0.5) is 6.01 Å². The van der Waals surface area contributed by atoms with Gasteiger partial charge in [0.25, 0.3) is 0 Å². The average molecular weight is 226 g/mol. The van der Waals surface area contributed by atoms with Crippen molar-refractivity contribution in [3.8, 4) is 0 Å². The molecule has 0 spiro atoms. The Morgan fingerprint density at radius 3 is 2.31 bits per heavy atom. The van der Waals surface area contributed by atoms with Crippen LogP contribution in [0.5, 0.6) is 0 Å². The minimum atomic E-state index is 0.0594. The second-order valence-corrected chi connectivity index (χ2v) is 4.75. The highest BCUT2D eigenvalue weighted by molar-refractivity contribution is 5.22. The fourth-order valence-electron chi connectivity index (χ4n) is 1.28. The Morgan fingerprint density at radius 1 is 1.19 bits per heavy atom. The molecule has 0 unspecified atom stereocenters. The zero-order valence-corrected chi connectivity index (χ0v) is 10.9. The van der Waals surface area contributed by atoms with E-state index in [9.17, 15) is 0 Å². The molecule has 16 heavy (non-hydrogen) atoms. The SMILES string of the molecule is CCN(CC)c1nnc(CNC(C)(C)C)o1. The first-order valence-electron chi connectivity index (χ1n) is 5.78. The van der Waals surface area contributed by atoms with Crippen LogP contribution in [0.15, 0.2) is 4.42 Å². The van der Waals surface area contributed by atoms with E-state index >= 15 is 0 Å². The molecule has 1 heterocycles. The van der Waals surface area contributed by atoms with Crippen molar-refractivity contribution >= 4 is 6.01 Å². The number of nitrogens with zero attached hydrogens (tertiary/aromatic N) is 3. The minimum Gasteiger partial charge on any atom is -0.407 e. The van der Waals surface area contributed by atoms with Gasteiger partial charge in [-0.05, 0) is 34.6 Å². The Kier molecular flexibility index (Phi) is 4.29. The summed E-state index contributed by atoms with van der Waals surface area (Å²) >= 11 is 0. The Morgan fingerprint density at radius 2 is 1.81 bits per heavy atom. The van der Waals surface area contributed by atoms with E-state index in [1.54, 1.807) is 0 Å². The molecule has 0 fully saturated rings. The molecule has 1 rings (SSSR count). The van der Waals surface area contributed by atoms with Gasteiger partial charge in [-0.15, -0.1) is 5.10 Å². The molecule has 0 bridgehead atoms. The van der Waals surface area contributed by atoms with Gasteiger partial charge in [0.05, 0.1) is 6.54 Å². The Bertz CT molecular complexity index is 312. The second-order valence-electron chi connectivity index (χ2n) is 4.75. The van der Waals surface area contributed by atoms with E-state index in [2.05, 4.69) is 50.1 Å². The maximum Gasteiger partial charge on any atom is 0.318 e. The van der Waals surface area contributed by atoms with Crippen LogP contribution in [0.3, 0.4) is 0 Å². The maximum atomic E-state index is 5.56. The van der Waals surface area contributed by atoms with Gasteiger partial charge in [0.15, 0.2) is 0 Å². The molecule has 0 saturated heterocycles. The Balaban J connectivity index is 2.58. The zero-order valence-electron chi connectivity index (χ0n) is 10.9. The number of nitrogens with one attached hydrogen (secondary N) is 1. The maximum absolute atomic E-state index is 5.56. The van der Waals surface area contributed by atoms with Gasteiger partial charge in [0.2, 0.25) is 5.89 Å². The zero-order chi connectivity index (χ0) is 12.2.